The van der Waals surface area contributed by atoms with Crippen molar-refractivity contribution in [3.05, 3.63) is 59.3 Å². The molecule has 130 valence electrons. The molecule has 0 radical (unpaired) electrons. The van der Waals surface area contributed by atoms with Crippen molar-refractivity contribution in [3.63, 3.8) is 0 Å². The maximum absolute atomic E-state index is 12.7. The van der Waals surface area contributed by atoms with Crippen LogP contribution in [0.3, 0.4) is 0 Å². The maximum Gasteiger partial charge on any atom is 0.227 e. The number of anilines is 1. The van der Waals surface area contributed by atoms with Crippen LogP contribution in [0.25, 0.3) is 10.9 Å². The number of methoxy groups -OCH3 is 1. The van der Waals surface area contributed by atoms with Gasteiger partial charge in [0, 0.05) is 28.2 Å². The monoisotopic (exact) mass is 345 g/mol. The van der Waals surface area contributed by atoms with E-state index >= 15 is 0 Å². The van der Waals surface area contributed by atoms with E-state index < -0.39 is 0 Å². The van der Waals surface area contributed by atoms with E-state index in [0.29, 0.717) is 12.0 Å². The van der Waals surface area contributed by atoms with E-state index in [1.165, 1.54) is 11.3 Å². The van der Waals surface area contributed by atoms with Gasteiger partial charge in [-0.15, -0.1) is 0 Å². The molecule has 1 aliphatic rings. The highest BCUT2D eigenvalue weighted by Gasteiger charge is 2.27. The van der Waals surface area contributed by atoms with Crippen molar-refractivity contribution in [2.24, 2.45) is 5.92 Å². The molecule has 1 heterocycles. The first-order chi connectivity index (χ1) is 12.7. The van der Waals surface area contributed by atoms with Gasteiger partial charge in [-0.05, 0) is 67.3 Å². The highest BCUT2D eigenvalue weighted by atomic mass is 16.5. The molecule has 4 rings (SSSR count). The Kier molecular flexibility index (Phi) is 4.10. The minimum atomic E-state index is -0.0663. The second-order valence-electron chi connectivity index (χ2n) is 6.61. The zero-order chi connectivity index (χ0) is 18.1. The number of rotatable bonds is 3. The number of ether oxygens (including phenoxy) is 1. The molecule has 5 nitrogen and oxygen atoms in total. The number of H-pyrrole nitrogens is 1. The van der Waals surface area contributed by atoms with Crippen LogP contribution in [0.4, 0.5) is 5.69 Å². The van der Waals surface area contributed by atoms with Gasteiger partial charge in [-0.2, -0.15) is 5.26 Å². The second kappa shape index (κ2) is 6.57. The van der Waals surface area contributed by atoms with E-state index in [-0.39, 0.29) is 11.8 Å². The van der Waals surface area contributed by atoms with Gasteiger partial charge in [-0.3, -0.25) is 4.79 Å². The van der Waals surface area contributed by atoms with Gasteiger partial charge in [0.25, 0.3) is 0 Å². The van der Waals surface area contributed by atoms with Crippen LogP contribution in [0.2, 0.25) is 0 Å². The zero-order valence-corrected chi connectivity index (χ0v) is 14.5. The number of hydrogen-bond donors (Lipinski definition) is 2. The number of benzene rings is 2. The predicted octanol–water partition coefficient (Wildman–Crippen LogP) is 3.79. The number of nitrogens with zero attached hydrogens (tertiary/aromatic N) is 1. The average molecular weight is 345 g/mol. The molecule has 3 aromatic rings. The first-order valence-corrected chi connectivity index (χ1v) is 8.66. The standard InChI is InChI=1S/C21H19N3O2/c1-26-16-7-9-20-18(11-16)17-10-14(4-8-19(17)24-20)21(25)23-15-5-2-13(12-22)3-6-15/h2-3,5-7,9,11,14,24H,4,8,10H2,1H3,(H,23,25). The molecule has 1 aromatic heterocycles. The van der Waals surface area contributed by atoms with E-state index in [2.05, 4.69) is 16.4 Å². The molecular formula is C21H19N3O2. The van der Waals surface area contributed by atoms with Crippen LogP contribution < -0.4 is 10.1 Å². The van der Waals surface area contributed by atoms with E-state index in [1.54, 1.807) is 31.4 Å². The normalized spacial score (nSPS) is 15.9. The molecule has 26 heavy (non-hydrogen) atoms. The molecule has 1 atom stereocenters. The number of fused-ring (bicyclic) bond motifs is 3. The van der Waals surface area contributed by atoms with Crippen LogP contribution in [0.15, 0.2) is 42.5 Å². The molecule has 0 spiro atoms. The second-order valence-corrected chi connectivity index (χ2v) is 6.61. The van der Waals surface area contributed by atoms with Gasteiger partial charge < -0.3 is 15.0 Å². The quantitative estimate of drug-likeness (QED) is 0.758. The van der Waals surface area contributed by atoms with E-state index in [4.69, 9.17) is 10.00 Å². The predicted molar refractivity (Wildman–Crippen MR) is 100 cm³/mol. The summed E-state index contributed by atoms with van der Waals surface area (Å²) >= 11 is 0. The Bertz CT molecular complexity index is 1010. The van der Waals surface area contributed by atoms with Crippen molar-refractivity contribution >= 4 is 22.5 Å². The Labute approximate surface area is 151 Å². The number of nitrogens with one attached hydrogen (secondary N) is 2. The average Bonchev–Trinajstić information content (AvgIpc) is 3.05. The molecule has 0 aliphatic heterocycles. The van der Waals surface area contributed by atoms with Crippen molar-refractivity contribution in [1.29, 1.82) is 5.26 Å². The summed E-state index contributed by atoms with van der Waals surface area (Å²) in [4.78, 5) is 16.2. The molecule has 0 saturated carbocycles. The van der Waals surface area contributed by atoms with Crippen molar-refractivity contribution in [2.75, 3.05) is 12.4 Å². The molecule has 0 bridgehead atoms. The van der Waals surface area contributed by atoms with Crippen molar-refractivity contribution in [1.82, 2.24) is 4.98 Å². The summed E-state index contributed by atoms with van der Waals surface area (Å²) in [5.74, 6) is 0.782. The SMILES string of the molecule is COc1ccc2[nH]c3c(c2c1)CC(C(=O)Nc1ccc(C#N)cc1)CC3. The van der Waals surface area contributed by atoms with Crippen LogP contribution >= 0.6 is 0 Å². The van der Waals surface area contributed by atoms with Gasteiger partial charge >= 0.3 is 0 Å². The minimum absolute atomic E-state index is 0.0256. The van der Waals surface area contributed by atoms with E-state index in [9.17, 15) is 4.79 Å². The molecular weight excluding hydrogens is 326 g/mol. The first kappa shape index (κ1) is 16.2. The first-order valence-electron chi connectivity index (χ1n) is 8.66. The van der Waals surface area contributed by atoms with Crippen LogP contribution in [0, 0.1) is 17.2 Å². The molecule has 1 amide bonds. The van der Waals surface area contributed by atoms with E-state index in [0.717, 1.165) is 35.2 Å². The number of aryl methyl sites for hydroxylation is 1. The van der Waals surface area contributed by atoms with Gasteiger partial charge in [0.1, 0.15) is 5.75 Å². The number of aromatic nitrogens is 1. The summed E-state index contributed by atoms with van der Waals surface area (Å²) in [6.07, 6.45) is 2.39. The van der Waals surface area contributed by atoms with Gasteiger partial charge in [0.05, 0.1) is 18.7 Å². The lowest BCUT2D eigenvalue weighted by Gasteiger charge is -2.22. The Hall–Kier alpha value is -3.26. The lowest BCUT2D eigenvalue weighted by molar-refractivity contribution is -0.120. The van der Waals surface area contributed by atoms with Crippen LogP contribution in [-0.4, -0.2) is 18.0 Å². The molecule has 1 unspecified atom stereocenters. The maximum atomic E-state index is 12.7. The highest BCUT2D eigenvalue weighted by molar-refractivity contribution is 5.94. The fraction of sp³-hybridized carbons (Fsp3) is 0.238. The Morgan fingerprint density at radius 2 is 2.08 bits per heavy atom. The third-order valence-electron chi connectivity index (χ3n) is 5.05. The Balaban J connectivity index is 1.55. The highest BCUT2D eigenvalue weighted by Crippen LogP contribution is 2.34. The lowest BCUT2D eigenvalue weighted by Crippen LogP contribution is -2.28. The van der Waals surface area contributed by atoms with Gasteiger partial charge in [0.2, 0.25) is 5.91 Å². The summed E-state index contributed by atoms with van der Waals surface area (Å²) in [6.45, 7) is 0. The number of amides is 1. The van der Waals surface area contributed by atoms with Crippen molar-refractivity contribution in [3.8, 4) is 11.8 Å². The van der Waals surface area contributed by atoms with Crippen molar-refractivity contribution in [2.45, 2.75) is 19.3 Å². The lowest BCUT2D eigenvalue weighted by atomic mass is 9.85. The summed E-state index contributed by atoms with van der Waals surface area (Å²) < 4.78 is 5.34. The smallest absolute Gasteiger partial charge is 0.227 e. The summed E-state index contributed by atoms with van der Waals surface area (Å²) in [6, 6.07) is 15.0. The third-order valence-corrected chi connectivity index (χ3v) is 5.05. The fourth-order valence-electron chi connectivity index (χ4n) is 3.62. The molecule has 0 saturated heterocycles. The molecule has 2 aromatic carbocycles. The topological polar surface area (TPSA) is 77.9 Å². The Morgan fingerprint density at radius 1 is 1.27 bits per heavy atom. The zero-order valence-electron chi connectivity index (χ0n) is 14.5. The summed E-state index contributed by atoms with van der Waals surface area (Å²) in [7, 11) is 1.66. The number of carbonyl (C=O) groups is 1. The number of nitriles is 1. The van der Waals surface area contributed by atoms with Crippen LogP contribution in [0.5, 0.6) is 5.75 Å². The van der Waals surface area contributed by atoms with Gasteiger partial charge in [-0.25, -0.2) is 0 Å². The van der Waals surface area contributed by atoms with Gasteiger partial charge in [-0.1, -0.05) is 0 Å². The molecule has 5 heteroatoms. The number of aromatic amines is 1. The molecule has 2 N–H and O–H groups in total. The summed E-state index contributed by atoms with van der Waals surface area (Å²) in [5.41, 5.74) is 4.82. The molecule has 0 fully saturated rings. The third kappa shape index (κ3) is 2.91. The van der Waals surface area contributed by atoms with Crippen LogP contribution in [0.1, 0.15) is 23.2 Å². The van der Waals surface area contributed by atoms with Crippen LogP contribution in [-0.2, 0) is 17.6 Å². The van der Waals surface area contributed by atoms with Crippen molar-refractivity contribution < 1.29 is 9.53 Å². The number of carbonyl (C=O) groups excluding carboxylic acids is 1. The molecule has 1 aliphatic carbocycles. The fourth-order valence-corrected chi connectivity index (χ4v) is 3.62. The largest absolute Gasteiger partial charge is 0.497 e. The van der Waals surface area contributed by atoms with E-state index in [1.807, 2.05) is 18.2 Å². The summed E-state index contributed by atoms with van der Waals surface area (Å²) in [5, 5.41) is 13.0. The van der Waals surface area contributed by atoms with Gasteiger partial charge in [0.15, 0.2) is 0 Å². The number of hydrogen-bond acceptors (Lipinski definition) is 3. The minimum Gasteiger partial charge on any atom is -0.497 e. The Morgan fingerprint density at radius 3 is 2.81 bits per heavy atom.